The second-order valence-corrected chi connectivity index (χ2v) is 7.45. The fraction of sp³-hybridized carbons (Fsp3) is 0.450. The lowest BCUT2D eigenvalue weighted by atomic mass is 10.1. The van der Waals surface area contributed by atoms with Crippen LogP contribution in [0.4, 0.5) is 0 Å². The van der Waals surface area contributed by atoms with Gasteiger partial charge in [0.05, 0.1) is 44.7 Å². The SMILES string of the molecule is COc1ccccc1-n1cc(C(=O)N2C[C@H]3COC[C@@H]2CN(CC(=O)O)C3)cn1. The van der Waals surface area contributed by atoms with Crippen LogP contribution in [0.15, 0.2) is 36.7 Å². The molecule has 0 radical (unpaired) electrons. The Hall–Kier alpha value is -2.91. The van der Waals surface area contributed by atoms with Crippen LogP contribution in [0, 0.1) is 5.92 Å². The molecule has 2 aliphatic heterocycles. The first-order valence-corrected chi connectivity index (χ1v) is 9.56. The number of hydrogen-bond acceptors (Lipinski definition) is 6. The van der Waals surface area contributed by atoms with E-state index >= 15 is 0 Å². The van der Waals surface area contributed by atoms with Crippen molar-refractivity contribution >= 4 is 11.9 Å². The van der Waals surface area contributed by atoms with E-state index in [0.29, 0.717) is 44.2 Å². The van der Waals surface area contributed by atoms with E-state index in [4.69, 9.17) is 14.6 Å². The molecule has 2 atom stereocenters. The van der Waals surface area contributed by atoms with Gasteiger partial charge in [-0.05, 0) is 12.1 Å². The Morgan fingerprint density at radius 1 is 1.24 bits per heavy atom. The van der Waals surface area contributed by atoms with Gasteiger partial charge < -0.3 is 19.5 Å². The van der Waals surface area contributed by atoms with Crippen molar-refractivity contribution in [2.45, 2.75) is 6.04 Å². The highest BCUT2D eigenvalue weighted by atomic mass is 16.5. The second kappa shape index (κ2) is 8.22. The van der Waals surface area contributed by atoms with Crippen molar-refractivity contribution in [3.63, 3.8) is 0 Å². The Labute approximate surface area is 168 Å². The average Bonchev–Trinajstić information content (AvgIpc) is 3.02. The van der Waals surface area contributed by atoms with Crippen LogP contribution in [-0.4, -0.2) is 89.1 Å². The maximum absolute atomic E-state index is 13.3. The molecule has 2 aromatic rings. The molecule has 9 heteroatoms. The smallest absolute Gasteiger partial charge is 0.317 e. The number of ether oxygens (including phenoxy) is 2. The topological polar surface area (TPSA) is 97.1 Å². The summed E-state index contributed by atoms with van der Waals surface area (Å²) < 4.78 is 12.7. The number of carbonyl (C=O) groups is 2. The van der Waals surface area contributed by atoms with Gasteiger partial charge in [0.15, 0.2) is 0 Å². The maximum atomic E-state index is 13.3. The minimum absolute atomic E-state index is 0.0270. The van der Waals surface area contributed by atoms with Gasteiger partial charge >= 0.3 is 5.97 Å². The number of hydrogen-bond donors (Lipinski definition) is 1. The van der Waals surface area contributed by atoms with Crippen molar-refractivity contribution in [3.05, 3.63) is 42.2 Å². The maximum Gasteiger partial charge on any atom is 0.317 e. The molecule has 4 rings (SSSR count). The number of methoxy groups -OCH3 is 1. The molecule has 0 unspecified atom stereocenters. The van der Waals surface area contributed by atoms with E-state index in [1.54, 1.807) is 24.2 Å². The van der Waals surface area contributed by atoms with Crippen LogP contribution >= 0.6 is 0 Å². The lowest BCUT2D eigenvalue weighted by Crippen LogP contribution is -2.47. The molecule has 0 saturated carbocycles. The Morgan fingerprint density at radius 2 is 2.07 bits per heavy atom. The van der Waals surface area contributed by atoms with Crippen molar-refractivity contribution in [3.8, 4) is 11.4 Å². The molecule has 1 amide bonds. The number of carboxylic acids is 1. The number of amides is 1. The molecular weight excluding hydrogens is 376 g/mol. The van der Waals surface area contributed by atoms with Gasteiger partial charge in [-0.3, -0.25) is 14.5 Å². The molecule has 2 fully saturated rings. The first kappa shape index (κ1) is 19.4. The highest BCUT2D eigenvalue weighted by Gasteiger charge is 2.37. The van der Waals surface area contributed by atoms with Gasteiger partial charge in [-0.25, -0.2) is 4.68 Å². The first-order chi connectivity index (χ1) is 14.0. The summed E-state index contributed by atoms with van der Waals surface area (Å²) in [6.45, 7) is 2.53. The fourth-order valence-corrected chi connectivity index (χ4v) is 4.06. The predicted octanol–water partition coefficient (Wildman–Crippen LogP) is 0.738. The number of para-hydroxylation sites is 2. The normalized spacial score (nSPS) is 22.2. The Bertz CT molecular complexity index is 899. The summed E-state index contributed by atoms with van der Waals surface area (Å²) in [5.41, 5.74) is 1.23. The molecule has 1 aromatic carbocycles. The van der Waals surface area contributed by atoms with Crippen LogP contribution in [0.1, 0.15) is 10.4 Å². The fourth-order valence-electron chi connectivity index (χ4n) is 4.06. The summed E-state index contributed by atoms with van der Waals surface area (Å²) in [6, 6.07) is 7.27. The van der Waals surface area contributed by atoms with E-state index in [2.05, 4.69) is 5.10 Å². The summed E-state index contributed by atoms with van der Waals surface area (Å²) in [4.78, 5) is 28.1. The molecule has 29 heavy (non-hydrogen) atoms. The predicted molar refractivity (Wildman–Crippen MR) is 103 cm³/mol. The summed E-state index contributed by atoms with van der Waals surface area (Å²) in [5, 5.41) is 13.5. The van der Waals surface area contributed by atoms with Gasteiger partial charge in [0.2, 0.25) is 0 Å². The summed E-state index contributed by atoms with van der Waals surface area (Å²) in [7, 11) is 1.59. The summed E-state index contributed by atoms with van der Waals surface area (Å²) in [6.07, 6.45) is 3.25. The first-order valence-electron chi connectivity index (χ1n) is 9.56. The number of aromatic nitrogens is 2. The molecule has 2 saturated heterocycles. The van der Waals surface area contributed by atoms with Crippen LogP contribution in [0.2, 0.25) is 0 Å². The minimum atomic E-state index is -0.859. The highest BCUT2D eigenvalue weighted by Crippen LogP contribution is 2.24. The highest BCUT2D eigenvalue weighted by molar-refractivity contribution is 5.94. The standard InChI is InChI=1S/C20H24N4O5/c1-28-18-5-3-2-4-17(18)24-9-15(6-21-24)20(27)23-8-14-7-22(11-19(25)26)10-16(23)13-29-12-14/h2-6,9,14,16H,7-8,10-13H2,1H3,(H,25,26)/t14-,16-/m0/s1. The zero-order chi connectivity index (χ0) is 20.4. The number of carbonyl (C=O) groups excluding carboxylic acids is 1. The molecule has 2 aliphatic rings. The minimum Gasteiger partial charge on any atom is -0.494 e. The van der Waals surface area contributed by atoms with E-state index in [0.717, 1.165) is 5.69 Å². The molecule has 9 nitrogen and oxygen atoms in total. The van der Waals surface area contributed by atoms with E-state index in [9.17, 15) is 9.59 Å². The molecular formula is C20H24N4O5. The van der Waals surface area contributed by atoms with E-state index in [-0.39, 0.29) is 24.4 Å². The number of aliphatic carboxylic acids is 1. The van der Waals surface area contributed by atoms with Crippen molar-refractivity contribution in [1.82, 2.24) is 19.6 Å². The molecule has 2 bridgehead atoms. The summed E-state index contributed by atoms with van der Waals surface area (Å²) in [5.74, 6) is -0.237. The van der Waals surface area contributed by atoms with E-state index < -0.39 is 5.97 Å². The lowest BCUT2D eigenvalue weighted by Gasteiger charge is -2.30. The van der Waals surface area contributed by atoms with Gasteiger partial charge in [0, 0.05) is 31.7 Å². The van der Waals surface area contributed by atoms with Crippen molar-refractivity contribution < 1.29 is 24.2 Å². The van der Waals surface area contributed by atoms with Crippen LogP contribution in [0.25, 0.3) is 5.69 Å². The summed E-state index contributed by atoms with van der Waals surface area (Å²) >= 11 is 0. The molecule has 154 valence electrons. The number of rotatable bonds is 5. The number of nitrogens with zero attached hydrogens (tertiary/aromatic N) is 4. The monoisotopic (exact) mass is 400 g/mol. The van der Waals surface area contributed by atoms with Crippen LogP contribution in [0.3, 0.4) is 0 Å². The zero-order valence-electron chi connectivity index (χ0n) is 16.2. The molecule has 0 spiro atoms. The van der Waals surface area contributed by atoms with Crippen molar-refractivity contribution in [2.24, 2.45) is 5.92 Å². The molecule has 3 heterocycles. The third-order valence-electron chi connectivity index (χ3n) is 5.33. The van der Waals surface area contributed by atoms with E-state index in [1.807, 2.05) is 34.1 Å². The number of fused-ring (bicyclic) bond motifs is 3. The molecule has 1 N–H and O–H groups in total. The van der Waals surface area contributed by atoms with Gasteiger partial charge in [-0.1, -0.05) is 12.1 Å². The third kappa shape index (κ3) is 4.10. The van der Waals surface area contributed by atoms with Crippen LogP contribution in [0.5, 0.6) is 5.75 Å². The zero-order valence-corrected chi connectivity index (χ0v) is 16.2. The largest absolute Gasteiger partial charge is 0.494 e. The van der Waals surface area contributed by atoms with E-state index in [1.165, 1.54) is 0 Å². The van der Waals surface area contributed by atoms with Crippen molar-refractivity contribution in [2.75, 3.05) is 46.5 Å². The quantitative estimate of drug-likeness (QED) is 0.791. The molecule has 0 aliphatic carbocycles. The van der Waals surface area contributed by atoms with Gasteiger partial charge in [-0.15, -0.1) is 0 Å². The van der Waals surface area contributed by atoms with Crippen molar-refractivity contribution in [1.29, 1.82) is 0 Å². The van der Waals surface area contributed by atoms with Gasteiger partial charge in [-0.2, -0.15) is 5.10 Å². The molecule has 1 aromatic heterocycles. The second-order valence-electron chi connectivity index (χ2n) is 7.45. The number of benzene rings is 1. The Kier molecular flexibility index (Phi) is 5.50. The number of carboxylic acid groups (broad SMARTS) is 1. The third-order valence-corrected chi connectivity index (χ3v) is 5.33. The average molecular weight is 400 g/mol. The van der Waals surface area contributed by atoms with Gasteiger partial charge in [0.25, 0.3) is 5.91 Å². The Balaban J connectivity index is 1.56. The van der Waals surface area contributed by atoms with Crippen LogP contribution in [-0.2, 0) is 9.53 Å². The Morgan fingerprint density at radius 3 is 2.86 bits per heavy atom. The lowest BCUT2D eigenvalue weighted by molar-refractivity contribution is -0.138. The van der Waals surface area contributed by atoms with Gasteiger partial charge in [0.1, 0.15) is 11.4 Å². The van der Waals surface area contributed by atoms with Crippen LogP contribution < -0.4 is 4.74 Å².